The monoisotopic (exact) mass is 363 g/mol. The first kappa shape index (κ1) is 16.4. The van der Waals surface area contributed by atoms with Crippen molar-refractivity contribution in [1.82, 2.24) is 4.40 Å². The summed E-state index contributed by atoms with van der Waals surface area (Å²) in [5.74, 6) is 1.93. The Hall–Kier alpha value is -1.74. The van der Waals surface area contributed by atoms with Gasteiger partial charge >= 0.3 is 5.82 Å². The highest BCUT2D eigenvalue weighted by molar-refractivity contribution is 8.09. The zero-order valence-corrected chi connectivity index (χ0v) is 17.6. The number of thioether (sulfide) groups is 1. The molecular weight excluding hydrogens is 336 g/mol. The van der Waals surface area contributed by atoms with E-state index in [4.69, 9.17) is 0 Å². The minimum Gasteiger partial charge on any atom is -0.217 e. The van der Waals surface area contributed by atoms with Crippen molar-refractivity contribution in [2.45, 2.75) is 59.3 Å². The molecule has 134 valence electrons. The third kappa shape index (κ3) is 1.69. The minimum atomic E-state index is 0.0173. The largest absolute Gasteiger partial charge is 0.301 e. The maximum atomic E-state index is 2.61. The van der Waals surface area contributed by atoms with Crippen molar-refractivity contribution in [3.63, 3.8) is 0 Å². The highest BCUT2D eigenvalue weighted by Gasteiger charge is 2.55. The standard InChI is InChI=1S/C23H27N2S/c1-12-13(2)15(4)24-20(14(12)3)16(5)25-22(24)21-19(23(25,6)7)17-10-8-9-11-18(17)26-21/h8-11,17-18H,1-7H3/q+1. The van der Waals surface area contributed by atoms with Gasteiger partial charge in [-0.25, -0.2) is 4.57 Å². The van der Waals surface area contributed by atoms with Crippen LogP contribution in [0.25, 0.3) is 10.4 Å². The number of nitrogens with zero attached hydrogens (tertiary/aromatic N) is 2. The number of pyridine rings is 1. The number of hydrogen-bond acceptors (Lipinski definition) is 1. The normalized spacial score (nSPS) is 25.2. The van der Waals surface area contributed by atoms with Gasteiger partial charge in [0.2, 0.25) is 0 Å². The Morgan fingerprint density at radius 1 is 0.962 bits per heavy atom. The van der Waals surface area contributed by atoms with Crippen molar-refractivity contribution in [3.05, 3.63) is 63.8 Å². The number of fused-ring (bicyclic) bond motifs is 6. The molecule has 3 aliphatic rings. The minimum absolute atomic E-state index is 0.0173. The summed E-state index contributed by atoms with van der Waals surface area (Å²) in [6.45, 7) is 16.2. The molecule has 2 aromatic heterocycles. The van der Waals surface area contributed by atoms with Crippen LogP contribution in [0.2, 0.25) is 0 Å². The number of rotatable bonds is 0. The van der Waals surface area contributed by atoms with E-state index in [-0.39, 0.29) is 5.54 Å². The first-order valence-electron chi connectivity index (χ1n) is 9.57. The predicted molar refractivity (Wildman–Crippen MR) is 111 cm³/mol. The van der Waals surface area contributed by atoms with Gasteiger partial charge in [0.1, 0.15) is 21.8 Å². The van der Waals surface area contributed by atoms with Crippen LogP contribution in [-0.4, -0.2) is 9.65 Å². The summed E-state index contributed by atoms with van der Waals surface area (Å²) in [6, 6.07) is 0. The Morgan fingerprint density at radius 3 is 2.38 bits per heavy atom. The van der Waals surface area contributed by atoms with E-state index in [0.29, 0.717) is 11.2 Å². The second-order valence-electron chi connectivity index (χ2n) is 8.57. The Morgan fingerprint density at radius 2 is 1.65 bits per heavy atom. The van der Waals surface area contributed by atoms with Crippen molar-refractivity contribution >= 4 is 22.2 Å². The molecule has 2 unspecified atom stereocenters. The number of imidazole rings is 1. The van der Waals surface area contributed by atoms with E-state index in [0.717, 1.165) is 0 Å². The molecule has 1 aliphatic carbocycles. The van der Waals surface area contributed by atoms with Crippen molar-refractivity contribution in [2.75, 3.05) is 0 Å². The molecule has 0 fully saturated rings. The van der Waals surface area contributed by atoms with E-state index < -0.39 is 0 Å². The van der Waals surface area contributed by atoms with E-state index in [1.165, 1.54) is 44.3 Å². The smallest absolute Gasteiger partial charge is 0.217 e. The molecule has 0 bridgehead atoms. The van der Waals surface area contributed by atoms with Crippen LogP contribution >= 0.6 is 11.8 Å². The van der Waals surface area contributed by atoms with Gasteiger partial charge in [-0.15, -0.1) is 11.8 Å². The molecule has 2 nitrogen and oxygen atoms in total. The highest BCUT2D eigenvalue weighted by atomic mass is 32.2. The Bertz CT molecular complexity index is 1090. The van der Waals surface area contributed by atoms with Gasteiger partial charge in [0.05, 0.1) is 0 Å². The Kier molecular flexibility index (Phi) is 3.13. The molecular formula is C23H27N2S+. The van der Waals surface area contributed by atoms with E-state index >= 15 is 0 Å². The van der Waals surface area contributed by atoms with Crippen LogP contribution in [-0.2, 0) is 5.54 Å². The van der Waals surface area contributed by atoms with Gasteiger partial charge in [-0.1, -0.05) is 24.3 Å². The summed E-state index contributed by atoms with van der Waals surface area (Å²) in [7, 11) is 0. The van der Waals surface area contributed by atoms with Crippen LogP contribution in [0.1, 0.15) is 47.8 Å². The molecule has 4 heterocycles. The molecule has 2 atom stereocenters. The molecule has 0 aromatic carbocycles. The number of hydrogen-bond donors (Lipinski definition) is 0. The molecule has 3 heteroatoms. The Labute approximate surface area is 160 Å². The fourth-order valence-electron chi connectivity index (χ4n) is 5.47. The van der Waals surface area contributed by atoms with Crippen molar-refractivity contribution in [3.8, 4) is 0 Å². The molecule has 2 aromatic rings. The lowest BCUT2D eigenvalue weighted by Gasteiger charge is -2.27. The van der Waals surface area contributed by atoms with Crippen LogP contribution < -0.4 is 4.57 Å². The zero-order chi connectivity index (χ0) is 18.5. The first-order valence-corrected chi connectivity index (χ1v) is 10.4. The lowest BCUT2D eigenvalue weighted by Crippen LogP contribution is -2.54. The third-order valence-corrected chi connectivity index (χ3v) is 8.38. The second kappa shape index (κ2) is 4.95. The maximum Gasteiger partial charge on any atom is 0.301 e. The molecule has 2 aliphatic heterocycles. The van der Waals surface area contributed by atoms with Crippen LogP contribution in [0.3, 0.4) is 0 Å². The van der Waals surface area contributed by atoms with Gasteiger partial charge in [0.15, 0.2) is 5.52 Å². The maximum absolute atomic E-state index is 2.61. The third-order valence-electron chi connectivity index (χ3n) is 7.02. The van der Waals surface area contributed by atoms with Gasteiger partial charge in [-0.2, -0.15) is 4.40 Å². The quantitative estimate of drug-likeness (QED) is 0.592. The van der Waals surface area contributed by atoms with Crippen LogP contribution in [0.5, 0.6) is 0 Å². The number of aryl methyl sites for hydroxylation is 3. The van der Waals surface area contributed by atoms with Gasteiger partial charge in [0, 0.05) is 29.2 Å². The van der Waals surface area contributed by atoms with E-state index in [9.17, 15) is 0 Å². The first-order chi connectivity index (χ1) is 12.3. The molecule has 26 heavy (non-hydrogen) atoms. The van der Waals surface area contributed by atoms with E-state index in [2.05, 4.69) is 93.5 Å². The summed E-state index contributed by atoms with van der Waals surface area (Å²) in [5, 5.41) is 0.553. The number of aromatic nitrogens is 2. The molecule has 0 N–H and O–H groups in total. The topological polar surface area (TPSA) is 8.29 Å². The zero-order valence-electron chi connectivity index (χ0n) is 16.8. The van der Waals surface area contributed by atoms with Gasteiger partial charge in [0.25, 0.3) is 0 Å². The molecule has 5 rings (SSSR count). The Balaban J connectivity index is 1.93. The molecule has 0 saturated heterocycles. The van der Waals surface area contributed by atoms with Crippen molar-refractivity contribution < 1.29 is 4.57 Å². The second-order valence-corrected chi connectivity index (χ2v) is 9.76. The lowest BCUT2D eigenvalue weighted by molar-refractivity contribution is -0.749. The van der Waals surface area contributed by atoms with E-state index in [1.807, 2.05) is 0 Å². The average molecular weight is 364 g/mol. The average Bonchev–Trinajstić information content (AvgIpc) is 3.20. The molecule has 0 amide bonds. The summed E-state index contributed by atoms with van der Waals surface area (Å²) >= 11 is 2.06. The van der Waals surface area contributed by atoms with Gasteiger partial charge < -0.3 is 0 Å². The van der Waals surface area contributed by atoms with Crippen LogP contribution in [0, 0.1) is 40.5 Å². The van der Waals surface area contributed by atoms with Crippen LogP contribution in [0.15, 0.2) is 29.9 Å². The SMILES string of the molecule is Cc1c(C)c(C)n2c3[n+](c(C)c2c1C)C(C)(C)C1=C3SC2C=CC=CC12. The predicted octanol–water partition coefficient (Wildman–Crippen LogP) is 5.09. The fraction of sp³-hybridized carbons (Fsp3) is 0.435. The van der Waals surface area contributed by atoms with Crippen LogP contribution in [0.4, 0.5) is 0 Å². The summed E-state index contributed by atoms with van der Waals surface area (Å²) in [6.07, 6.45) is 9.22. The summed E-state index contributed by atoms with van der Waals surface area (Å²) < 4.78 is 5.16. The fourth-order valence-corrected chi connectivity index (χ4v) is 7.09. The van der Waals surface area contributed by atoms with Crippen molar-refractivity contribution in [1.29, 1.82) is 0 Å². The highest BCUT2D eigenvalue weighted by Crippen LogP contribution is 2.56. The van der Waals surface area contributed by atoms with Gasteiger partial charge in [-0.3, -0.25) is 0 Å². The van der Waals surface area contributed by atoms with Gasteiger partial charge in [-0.05, 0) is 52.7 Å². The summed E-state index contributed by atoms with van der Waals surface area (Å²) in [4.78, 5) is 1.51. The molecule has 0 spiro atoms. The lowest BCUT2D eigenvalue weighted by atomic mass is 9.81. The number of allylic oxidation sites excluding steroid dienone is 4. The summed E-state index contributed by atoms with van der Waals surface area (Å²) in [5.41, 5.74) is 10.1. The van der Waals surface area contributed by atoms with E-state index in [1.54, 1.807) is 5.57 Å². The molecule has 0 saturated carbocycles. The van der Waals surface area contributed by atoms with Crippen molar-refractivity contribution in [2.24, 2.45) is 5.92 Å². The molecule has 0 radical (unpaired) electrons.